The average Bonchev–Trinajstić information content (AvgIpc) is 2.59. The smallest absolute Gasteiger partial charge is 0.309 e. The van der Waals surface area contributed by atoms with Crippen LogP contribution in [0.15, 0.2) is 24.3 Å². The van der Waals surface area contributed by atoms with Gasteiger partial charge >= 0.3 is 5.97 Å². The molecule has 0 radical (unpaired) electrons. The number of methoxy groups -OCH3 is 1. The number of rotatable bonds is 2. The molecule has 1 aliphatic rings. The molecule has 0 saturated heterocycles. The van der Waals surface area contributed by atoms with Crippen LogP contribution < -0.4 is 4.74 Å². The summed E-state index contributed by atoms with van der Waals surface area (Å²) < 4.78 is 10.2. The highest BCUT2D eigenvalue weighted by molar-refractivity contribution is 5.70. The van der Waals surface area contributed by atoms with Gasteiger partial charge in [0, 0.05) is 6.42 Å². The van der Waals surface area contributed by atoms with Gasteiger partial charge in [-0.05, 0) is 11.6 Å². The third-order valence-corrected chi connectivity index (χ3v) is 2.34. The second kappa shape index (κ2) is 3.70. The Labute approximate surface area is 82.6 Å². The lowest BCUT2D eigenvalue weighted by molar-refractivity contribution is -0.142. The fourth-order valence-corrected chi connectivity index (χ4v) is 1.64. The summed E-state index contributed by atoms with van der Waals surface area (Å²) >= 11 is 0. The molecule has 0 fully saturated rings. The molecule has 0 aromatic heterocycles. The van der Waals surface area contributed by atoms with E-state index in [0.29, 0.717) is 6.42 Å². The molecular weight excluding hydrogens is 180 g/mol. The summed E-state index contributed by atoms with van der Waals surface area (Å²) in [5, 5.41) is 0. The first kappa shape index (κ1) is 9.06. The summed E-state index contributed by atoms with van der Waals surface area (Å²) in [6.45, 7) is 0. The number of hydrogen-bond donors (Lipinski definition) is 0. The average molecular weight is 192 g/mol. The van der Waals surface area contributed by atoms with E-state index in [9.17, 15) is 4.79 Å². The lowest BCUT2D eigenvalue weighted by Crippen LogP contribution is -2.18. The molecular formula is C11H12O3. The van der Waals surface area contributed by atoms with Crippen molar-refractivity contribution in [3.63, 3.8) is 0 Å². The van der Waals surface area contributed by atoms with Crippen LogP contribution in [0.4, 0.5) is 0 Å². The second-order valence-electron chi connectivity index (χ2n) is 3.33. The van der Waals surface area contributed by atoms with Gasteiger partial charge in [-0.3, -0.25) is 4.79 Å². The third-order valence-electron chi connectivity index (χ3n) is 2.34. The summed E-state index contributed by atoms with van der Waals surface area (Å²) in [5.41, 5.74) is 1.17. The zero-order valence-electron chi connectivity index (χ0n) is 8.03. The maximum atomic E-state index is 11.0. The molecule has 0 amide bonds. The van der Waals surface area contributed by atoms with Crippen LogP contribution in [0.3, 0.4) is 0 Å². The van der Waals surface area contributed by atoms with Crippen LogP contribution in [-0.2, 0) is 16.0 Å². The molecule has 1 unspecified atom stereocenters. The van der Waals surface area contributed by atoms with Gasteiger partial charge in [0.25, 0.3) is 0 Å². The first-order valence-corrected chi connectivity index (χ1v) is 4.61. The third kappa shape index (κ3) is 1.71. The van der Waals surface area contributed by atoms with E-state index in [4.69, 9.17) is 4.74 Å². The van der Waals surface area contributed by atoms with E-state index in [0.717, 1.165) is 12.2 Å². The van der Waals surface area contributed by atoms with Gasteiger partial charge in [-0.15, -0.1) is 0 Å². The molecule has 0 spiro atoms. The fourth-order valence-electron chi connectivity index (χ4n) is 1.64. The van der Waals surface area contributed by atoms with Crippen molar-refractivity contribution in [3.8, 4) is 5.75 Å². The first-order valence-electron chi connectivity index (χ1n) is 4.61. The van der Waals surface area contributed by atoms with Crippen LogP contribution in [0.2, 0.25) is 0 Å². The normalized spacial score (nSPS) is 18.5. The Kier molecular flexibility index (Phi) is 2.39. The standard InChI is InChI=1S/C11H12O3/c1-13-11(12)7-9-6-8-4-2-3-5-10(8)14-9/h2-5,9H,6-7H2,1H3. The number of fused-ring (bicyclic) bond motifs is 1. The lowest BCUT2D eigenvalue weighted by atomic mass is 10.1. The van der Waals surface area contributed by atoms with Crippen LogP contribution >= 0.6 is 0 Å². The quantitative estimate of drug-likeness (QED) is 0.667. The number of carbonyl (C=O) groups excluding carboxylic acids is 1. The van der Waals surface area contributed by atoms with Gasteiger partial charge in [-0.1, -0.05) is 18.2 Å². The molecule has 14 heavy (non-hydrogen) atoms. The van der Waals surface area contributed by atoms with Crippen molar-refractivity contribution in [1.29, 1.82) is 0 Å². The number of benzene rings is 1. The molecule has 1 aliphatic heterocycles. The predicted octanol–water partition coefficient (Wildman–Crippen LogP) is 1.55. The molecule has 1 atom stereocenters. The number of ether oxygens (including phenoxy) is 2. The largest absolute Gasteiger partial charge is 0.489 e. The molecule has 0 aliphatic carbocycles. The SMILES string of the molecule is COC(=O)CC1Cc2ccccc2O1. The monoisotopic (exact) mass is 192 g/mol. The number of hydrogen-bond acceptors (Lipinski definition) is 3. The van der Waals surface area contributed by atoms with Crippen LogP contribution in [-0.4, -0.2) is 19.2 Å². The molecule has 3 heteroatoms. The van der Waals surface area contributed by atoms with Crippen molar-refractivity contribution in [3.05, 3.63) is 29.8 Å². The summed E-state index contributed by atoms with van der Waals surface area (Å²) in [4.78, 5) is 11.0. The van der Waals surface area contributed by atoms with Crippen LogP contribution in [0, 0.1) is 0 Å². The van der Waals surface area contributed by atoms with Crippen LogP contribution in [0.1, 0.15) is 12.0 Å². The zero-order chi connectivity index (χ0) is 9.97. The summed E-state index contributed by atoms with van der Waals surface area (Å²) in [6.07, 6.45) is 1.07. The van der Waals surface area contributed by atoms with Crippen molar-refractivity contribution < 1.29 is 14.3 Å². The maximum Gasteiger partial charge on any atom is 0.309 e. The Bertz CT molecular complexity index is 321. The molecule has 74 valence electrons. The first-order chi connectivity index (χ1) is 6.79. The fraction of sp³-hybridized carbons (Fsp3) is 0.364. The highest BCUT2D eigenvalue weighted by Crippen LogP contribution is 2.29. The summed E-state index contributed by atoms with van der Waals surface area (Å²) in [6, 6.07) is 7.85. The van der Waals surface area contributed by atoms with Crippen molar-refractivity contribution in [2.24, 2.45) is 0 Å². The molecule has 0 saturated carbocycles. The van der Waals surface area contributed by atoms with Gasteiger partial charge in [0.05, 0.1) is 13.5 Å². The van der Waals surface area contributed by atoms with Crippen molar-refractivity contribution >= 4 is 5.97 Å². The van der Waals surface area contributed by atoms with Crippen LogP contribution in [0.25, 0.3) is 0 Å². The highest BCUT2D eigenvalue weighted by Gasteiger charge is 2.24. The topological polar surface area (TPSA) is 35.5 Å². The van der Waals surface area contributed by atoms with Crippen LogP contribution in [0.5, 0.6) is 5.75 Å². The highest BCUT2D eigenvalue weighted by atomic mass is 16.5. The Morgan fingerprint density at radius 1 is 1.57 bits per heavy atom. The van der Waals surface area contributed by atoms with Crippen molar-refractivity contribution in [2.75, 3.05) is 7.11 Å². The zero-order valence-corrected chi connectivity index (χ0v) is 8.03. The number of esters is 1. The molecule has 0 N–H and O–H groups in total. The molecule has 2 rings (SSSR count). The Hall–Kier alpha value is -1.51. The lowest BCUT2D eigenvalue weighted by Gasteiger charge is -2.08. The Balaban J connectivity index is 2.01. The Morgan fingerprint density at radius 3 is 3.07 bits per heavy atom. The van der Waals surface area contributed by atoms with Gasteiger partial charge in [0.1, 0.15) is 11.9 Å². The number of para-hydroxylation sites is 1. The van der Waals surface area contributed by atoms with E-state index >= 15 is 0 Å². The Morgan fingerprint density at radius 2 is 2.36 bits per heavy atom. The minimum absolute atomic E-state index is 0.0557. The van der Waals surface area contributed by atoms with Gasteiger partial charge in [-0.25, -0.2) is 0 Å². The molecule has 1 heterocycles. The van der Waals surface area contributed by atoms with Gasteiger partial charge in [-0.2, -0.15) is 0 Å². The second-order valence-corrected chi connectivity index (χ2v) is 3.33. The number of carbonyl (C=O) groups is 1. The predicted molar refractivity (Wildman–Crippen MR) is 51.2 cm³/mol. The molecule has 0 bridgehead atoms. The molecule has 1 aromatic rings. The van der Waals surface area contributed by atoms with E-state index < -0.39 is 0 Å². The van der Waals surface area contributed by atoms with Gasteiger partial charge in [0.2, 0.25) is 0 Å². The van der Waals surface area contributed by atoms with E-state index in [1.807, 2.05) is 24.3 Å². The van der Waals surface area contributed by atoms with Gasteiger partial charge < -0.3 is 9.47 Å². The van der Waals surface area contributed by atoms with E-state index in [1.54, 1.807) is 0 Å². The van der Waals surface area contributed by atoms with Crippen molar-refractivity contribution in [1.82, 2.24) is 0 Å². The van der Waals surface area contributed by atoms with Gasteiger partial charge in [0.15, 0.2) is 0 Å². The molecule has 1 aromatic carbocycles. The summed E-state index contributed by atoms with van der Waals surface area (Å²) in [5.74, 6) is 0.671. The maximum absolute atomic E-state index is 11.0. The minimum atomic E-state index is -0.220. The minimum Gasteiger partial charge on any atom is -0.489 e. The van der Waals surface area contributed by atoms with Crippen molar-refractivity contribution in [2.45, 2.75) is 18.9 Å². The van der Waals surface area contributed by atoms with E-state index in [2.05, 4.69) is 4.74 Å². The van der Waals surface area contributed by atoms with E-state index in [-0.39, 0.29) is 12.1 Å². The molecule has 3 nitrogen and oxygen atoms in total. The summed E-state index contributed by atoms with van der Waals surface area (Å²) in [7, 11) is 1.39. The van der Waals surface area contributed by atoms with E-state index in [1.165, 1.54) is 12.7 Å².